The molecule has 0 saturated heterocycles. The molecule has 0 bridgehead atoms. The van der Waals surface area contributed by atoms with Crippen LogP contribution in [0.4, 0.5) is 17.3 Å². The lowest BCUT2D eigenvalue weighted by atomic mass is 10.1. The van der Waals surface area contributed by atoms with Crippen LogP contribution >= 0.6 is 0 Å². The number of para-hydroxylation sites is 1. The number of nitrogens with zero attached hydrogens (tertiary/aromatic N) is 5. The highest BCUT2D eigenvalue weighted by Crippen LogP contribution is 2.43. The summed E-state index contributed by atoms with van der Waals surface area (Å²) < 4.78 is 2.06. The van der Waals surface area contributed by atoms with Crippen molar-refractivity contribution in [2.24, 2.45) is 10.9 Å². The fourth-order valence-corrected chi connectivity index (χ4v) is 5.66. The Morgan fingerprint density at radius 3 is 2.67 bits per heavy atom. The average Bonchev–Trinajstić information content (AvgIpc) is 3.52. The minimum absolute atomic E-state index is 0.0175. The van der Waals surface area contributed by atoms with E-state index in [4.69, 9.17) is 10.1 Å². The van der Waals surface area contributed by atoms with Crippen molar-refractivity contribution in [3.63, 3.8) is 0 Å². The van der Waals surface area contributed by atoms with E-state index in [2.05, 4.69) is 14.9 Å². The first-order valence-corrected chi connectivity index (χ1v) is 11.3. The molecule has 2 fully saturated rings. The van der Waals surface area contributed by atoms with E-state index in [9.17, 15) is 4.79 Å². The van der Waals surface area contributed by atoms with Gasteiger partial charge in [0.05, 0.1) is 12.1 Å². The molecule has 0 radical (unpaired) electrons. The molecule has 1 N–H and O–H groups in total. The van der Waals surface area contributed by atoms with E-state index >= 15 is 0 Å². The molecule has 2 aromatic rings. The van der Waals surface area contributed by atoms with Gasteiger partial charge in [-0.05, 0) is 50.2 Å². The second-order valence-electron chi connectivity index (χ2n) is 9.10. The van der Waals surface area contributed by atoms with Gasteiger partial charge in [0.1, 0.15) is 11.4 Å². The number of anilines is 3. The van der Waals surface area contributed by atoms with E-state index < -0.39 is 0 Å². The minimum atomic E-state index is -0.0175. The molecular weight excluding hydrogens is 376 g/mol. The Hall–Kier alpha value is -2.83. The maximum absolute atomic E-state index is 13.5. The molecule has 1 amide bonds. The summed E-state index contributed by atoms with van der Waals surface area (Å²) >= 11 is 0. The molecule has 30 heavy (non-hydrogen) atoms. The normalized spacial score (nSPS) is 25.4. The third-order valence-electron chi connectivity index (χ3n) is 7.20. The van der Waals surface area contributed by atoms with Crippen LogP contribution in [0.5, 0.6) is 0 Å². The summed E-state index contributed by atoms with van der Waals surface area (Å²) in [6, 6.07) is 10.7. The van der Waals surface area contributed by atoms with Crippen LogP contribution in [0.1, 0.15) is 55.3 Å². The van der Waals surface area contributed by atoms with Gasteiger partial charge < -0.3 is 5.32 Å². The molecule has 1 aromatic carbocycles. The number of benzene rings is 1. The Bertz CT molecular complexity index is 1010. The fourth-order valence-electron chi connectivity index (χ4n) is 5.66. The predicted molar refractivity (Wildman–Crippen MR) is 117 cm³/mol. The Morgan fingerprint density at radius 1 is 1.07 bits per heavy atom. The lowest BCUT2D eigenvalue weighted by Gasteiger charge is -2.34. The van der Waals surface area contributed by atoms with Crippen LogP contribution in [0.25, 0.3) is 0 Å². The molecule has 1 aromatic heterocycles. The highest BCUT2D eigenvalue weighted by molar-refractivity contribution is 6.21. The van der Waals surface area contributed by atoms with Gasteiger partial charge in [-0.25, -0.2) is 9.67 Å². The second kappa shape index (κ2) is 6.86. The van der Waals surface area contributed by atoms with Crippen LogP contribution in [0.3, 0.4) is 0 Å². The van der Waals surface area contributed by atoms with Gasteiger partial charge in [0, 0.05) is 19.3 Å². The number of aromatic nitrogens is 2. The maximum atomic E-state index is 13.5. The van der Waals surface area contributed by atoms with E-state index in [0.29, 0.717) is 17.5 Å². The lowest BCUT2D eigenvalue weighted by Crippen LogP contribution is -2.51. The Balaban J connectivity index is 1.47. The standard InChI is InChI=1S/C23H28N6O/c1-27-22(30)19-20(24-16-10-3-2-4-11-16)28(14-15-8-5-6-9-15)26-21(19)29-18-13-7-12-17(18)25-23(27)29/h2-4,10-11,15,17-18,24H,5-9,12-14H2,1H3/t17-,18+/m1/s1. The maximum Gasteiger partial charge on any atom is 0.267 e. The number of aliphatic imine (C=N–C) groups is 1. The van der Waals surface area contributed by atoms with Crippen LogP contribution in [0.2, 0.25) is 0 Å². The molecule has 4 aliphatic rings. The van der Waals surface area contributed by atoms with Gasteiger partial charge in [-0.2, -0.15) is 5.10 Å². The number of nitrogens with one attached hydrogen (secondary N) is 1. The van der Waals surface area contributed by atoms with Gasteiger partial charge in [-0.15, -0.1) is 0 Å². The van der Waals surface area contributed by atoms with Crippen molar-refractivity contribution in [3.8, 4) is 0 Å². The van der Waals surface area contributed by atoms with Crippen LogP contribution in [-0.2, 0) is 6.54 Å². The summed E-state index contributed by atoms with van der Waals surface area (Å²) in [5, 5.41) is 8.58. The molecule has 2 atom stereocenters. The third kappa shape index (κ3) is 2.67. The molecule has 7 nitrogen and oxygen atoms in total. The quantitative estimate of drug-likeness (QED) is 0.837. The number of hydrogen-bond acceptors (Lipinski definition) is 5. The zero-order chi connectivity index (χ0) is 20.2. The van der Waals surface area contributed by atoms with Crippen molar-refractivity contribution >= 4 is 29.2 Å². The van der Waals surface area contributed by atoms with Gasteiger partial charge in [0.15, 0.2) is 5.82 Å². The van der Waals surface area contributed by atoms with E-state index in [1.165, 1.54) is 32.1 Å². The second-order valence-corrected chi connectivity index (χ2v) is 9.10. The van der Waals surface area contributed by atoms with Crippen LogP contribution in [-0.4, -0.2) is 45.7 Å². The highest BCUT2D eigenvalue weighted by atomic mass is 16.2. The van der Waals surface area contributed by atoms with Crippen LogP contribution < -0.4 is 10.2 Å². The van der Waals surface area contributed by atoms with E-state index in [1.807, 2.05) is 37.4 Å². The van der Waals surface area contributed by atoms with Gasteiger partial charge in [-0.1, -0.05) is 31.0 Å². The molecule has 3 heterocycles. The summed E-state index contributed by atoms with van der Waals surface area (Å²) in [4.78, 5) is 22.3. The highest BCUT2D eigenvalue weighted by Gasteiger charge is 2.49. The van der Waals surface area contributed by atoms with Gasteiger partial charge in [0.2, 0.25) is 5.96 Å². The summed E-state index contributed by atoms with van der Waals surface area (Å²) in [5.74, 6) is 3.00. The minimum Gasteiger partial charge on any atom is -0.340 e. The summed E-state index contributed by atoms with van der Waals surface area (Å²) in [5.41, 5.74) is 1.66. The number of rotatable bonds is 4. The number of carbonyl (C=O) groups excluding carboxylic acids is 1. The van der Waals surface area contributed by atoms with Crippen LogP contribution in [0.15, 0.2) is 35.3 Å². The number of guanidine groups is 1. The van der Waals surface area contributed by atoms with Gasteiger partial charge in [-0.3, -0.25) is 14.6 Å². The molecule has 2 aliphatic heterocycles. The Labute approximate surface area is 176 Å². The molecule has 6 rings (SSSR count). The first-order chi connectivity index (χ1) is 14.7. The topological polar surface area (TPSA) is 65.8 Å². The molecule has 2 saturated carbocycles. The van der Waals surface area contributed by atoms with Crippen molar-refractivity contribution in [1.82, 2.24) is 14.7 Å². The molecule has 0 spiro atoms. The van der Waals surface area contributed by atoms with Crippen molar-refractivity contribution in [2.45, 2.75) is 63.6 Å². The lowest BCUT2D eigenvalue weighted by molar-refractivity contribution is 0.0866. The molecule has 0 unspecified atom stereocenters. The van der Waals surface area contributed by atoms with Crippen LogP contribution in [0, 0.1) is 5.92 Å². The Kier molecular flexibility index (Phi) is 4.11. The number of fused-ring (bicyclic) bond motifs is 5. The molecular formula is C23H28N6O. The zero-order valence-corrected chi connectivity index (χ0v) is 17.4. The first-order valence-electron chi connectivity index (χ1n) is 11.3. The number of amides is 1. The SMILES string of the molecule is CN1C(=O)c2c(nn(CC3CCCC3)c2Nc2ccccc2)N2C1=N[C@@H]1CCC[C@@H]12. The summed E-state index contributed by atoms with van der Waals surface area (Å²) in [7, 11) is 1.85. The third-order valence-corrected chi connectivity index (χ3v) is 7.20. The Morgan fingerprint density at radius 2 is 1.87 bits per heavy atom. The molecule has 156 valence electrons. The zero-order valence-electron chi connectivity index (χ0n) is 17.4. The fraction of sp³-hybridized carbons (Fsp3) is 0.522. The average molecular weight is 405 g/mol. The number of hydrogen-bond donors (Lipinski definition) is 1. The number of carbonyl (C=O) groups is 1. The smallest absolute Gasteiger partial charge is 0.267 e. The molecule has 7 heteroatoms. The summed E-state index contributed by atoms with van der Waals surface area (Å²) in [6.45, 7) is 0.855. The van der Waals surface area contributed by atoms with Crippen molar-refractivity contribution in [1.29, 1.82) is 0 Å². The van der Waals surface area contributed by atoms with E-state index in [1.54, 1.807) is 4.90 Å². The largest absolute Gasteiger partial charge is 0.340 e. The predicted octanol–water partition coefficient (Wildman–Crippen LogP) is 4.00. The van der Waals surface area contributed by atoms with Gasteiger partial charge >= 0.3 is 0 Å². The van der Waals surface area contributed by atoms with Crippen molar-refractivity contribution in [2.75, 3.05) is 17.3 Å². The summed E-state index contributed by atoms with van der Waals surface area (Å²) in [6.07, 6.45) is 8.46. The van der Waals surface area contributed by atoms with Crippen molar-refractivity contribution in [3.05, 3.63) is 35.9 Å². The first kappa shape index (κ1) is 18.0. The van der Waals surface area contributed by atoms with E-state index in [0.717, 1.165) is 42.7 Å². The molecule has 2 aliphatic carbocycles. The van der Waals surface area contributed by atoms with E-state index in [-0.39, 0.29) is 11.9 Å². The monoisotopic (exact) mass is 404 g/mol. The van der Waals surface area contributed by atoms with Gasteiger partial charge in [0.25, 0.3) is 5.91 Å². The van der Waals surface area contributed by atoms with Crippen molar-refractivity contribution < 1.29 is 4.79 Å².